The van der Waals surface area contributed by atoms with E-state index in [2.05, 4.69) is 9.84 Å². The molecule has 1 aromatic carbocycles. The third-order valence-corrected chi connectivity index (χ3v) is 4.02. The molecule has 136 valence electrons. The van der Waals surface area contributed by atoms with Crippen LogP contribution in [0.15, 0.2) is 24.3 Å². The summed E-state index contributed by atoms with van der Waals surface area (Å²) in [6.07, 6.45) is -0.774. The van der Waals surface area contributed by atoms with Crippen molar-refractivity contribution in [3.05, 3.63) is 46.5 Å². The van der Waals surface area contributed by atoms with Crippen LogP contribution in [0, 0.1) is 12.7 Å². The van der Waals surface area contributed by atoms with Crippen molar-refractivity contribution in [2.24, 2.45) is 0 Å². The Hall–Kier alpha value is -2.94. The molecule has 0 atom stereocenters. The molecule has 0 N–H and O–H groups in total. The van der Waals surface area contributed by atoms with Gasteiger partial charge in [-0.1, -0.05) is 11.6 Å². The summed E-state index contributed by atoms with van der Waals surface area (Å²) in [5.41, 5.74) is 0.708. The number of cyclic esters (lactones) is 1. The Labute approximate surface area is 152 Å². The van der Waals surface area contributed by atoms with E-state index < -0.39 is 30.4 Å². The molecular weight excluding hydrogens is 369 g/mol. The standard InChI is InChI=1S/C16H13ClFN3O5/c1-9-13(14(17)21(19-9)11-4-2-10(18)3-5-11)15(23)26-8-12(22)20-6-7-25-16(20)24/h2-5H,6-8H2,1H3. The normalized spacial score (nSPS) is 13.7. The van der Waals surface area contributed by atoms with Gasteiger partial charge >= 0.3 is 12.1 Å². The quantitative estimate of drug-likeness (QED) is 0.753. The molecule has 2 heterocycles. The van der Waals surface area contributed by atoms with Gasteiger partial charge in [-0.15, -0.1) is 0 Å². The minimum absolute atomic E-state index is 0.0206. The van der Waals surface area contributed by atoms with Gasteiger partial charge in [-0.25, -0.2) is 23.6 Å². The number of hydrogen-bond acceptors (Lipinski definition) is 6. The van der Waals surface area contributed by atoms with Crippen molar-refractivity contribution in [1.82, 2.24) is 14.7 Å². The lowest BCUT2D eigenvalue weighted by molar-refractivity contribution is -0.131. The summed E-state index contributed by atoms with van der Waals surface area (Å²) < 4.78 is 23.9. The van der Waals surface area contributed by atoms with Crippen molar-refractivity contribution in [2.45, 2.75) is 6.92 Å². The first-order valence-corrected chi connectivity index (χ1v) is 7.91. The molecule has 2 aromatic rings. The van der Waals surface area contributed by atoms with Crippen LogP contribution in [0.4, 0.5) is 9.18 Å². The number of nitrogens with zero attached hydrogens (tertiary/aromatic N) is 3. The molecule has 1 saturated heterocycles. The first-order valence-electron chi connectivity index (χ1n) is 7.54. The SMILES string of the molecule is Cc1nn(-c2ccc(F)cc2)c(Cl)c1C(=O)OCC(=O)N1CCOC1=O. The number of esters is 1. The van der Waals surface area contributed by atoms with Gasteiger partial charge in [-0.3, -0.25) is 4.79 Å². The molecule has 1 fully saturated rings. The summed E-state index contributed by atoms with van der Waals surface area (Å²) in [6, 6.07) is 5.36. The largest absolute Gasteiger partial charge is 0.452 e. The molecule has 1 aliphatic rings. The van der Waals surface area contributed by atoms with Crippen LogP contribution < -0.4 is 0 Å². The number of aromatic nitrogens is 2. The van der Waals surface area contributed by atoms with Gasteiger partial charge in [0.1, 0.15) is 23.1 Å². The summed E-state index contributed by atoms with van der Waals surface area (Å²) >= 11 is 6.20. The van der Waals surface area contributed by atoms with E-state index in [0.717, 1.165) is 4.90 Å². The Kier molecular flexibility index (Phi) is 4.90. The molecule has 0 bridgehead atoms. The molecule has 1 aromatic heterocycles. The van der Waals surface area contributed by atoms with E-state index in [4.69, 9.17) is 16.3 Å². The Morgan fingerprint density at radius 1 is 1.35 bits per heavy atom. The van der Waals surface area contributed by atoms with Gasteiger partial charge in [0.2, 0.25) is 0 Å². The first-order chi connectivity index (χ1) is 12.4. The molecule has 0 radical (unpaired) electrons. The van der Waals surface area contributed by atoms with Crippen LogP contribution >= 0.6 is 11.6 Å². The molecule has 1 aliphatic heterocycles. The first kappa shape index (κ1) is 17.9. The van der Waals surface area contributed by atoms with Crippen molar-refractivity contribution < 1.29 is 28.2 Å². The Balaban J connectivity index is 1.74. The van der Waals surface area contributed by atoms with E-state index in [1.807, 2.05) is 0 Å². The number of halogens is 2. The number of hydrogen-bond donors (Lipinski definition) is 0. The van der Waals surface area contributed by atoms with E-state index in [1.165, 1.54) is 28.9 Å². The maximum Gasteiger partial charge on any atom is 0.416 e. The number of carbonyl (C=O) groups excluding carboxylic acids is 3. The van der Waals surface area contributed by atoms with Gasteiger partial charge < -0.3 is 9.47 Å². The number of imide groups is 1. The van der Waals surface area contributed by atoms with Crippen molar-refractivity contribution in [1.29, 1.82) is 0 Å². The lowest BCUT2D eigenvalue weighted by Gasteiger charge is -2.10. The number of ether oxygens (including phenoxy) is 2. The minimum atomic E-state index is -0.859. The van der Waals surface area contributed by atoms with Crippen molar-refractivity contribution in [2.75, 3.05) is 19.8 Å². The monoisotopic (exact) mass is 381 g/mol. The van der Waals surface area contributed by atoms with Crippen LogP contribution in [0.25, 0.3) is 5.69 Å². The molecule has 3 rings (SSSR count). The van der Waals surface area contributed by atoms with E-state index >= 15 is 0 Å². The van der Waals surface area contributed by atoms with Gasteiger partial charge in [0.05, 0.1) is 17.9 Å². The highest BCUT2D eigenvalue weighted by Gasteiger charge is 2.30. The number of aryl methyl sites for hydroxylation is 1. The van der Waals surface area contributed by atoms with Crippen LogP contribution in [-0.4, -0.2) is 52.4 Å². The number of amides is 2. The molecule has 10 heteroatoms. The maximum atomic E-state index is 13.0. The maximum absolute atomic E-state index is 13.0. The molecule has 2 amide bonds. The third-order valence-electron chi connectivity index (χ3n) is 3.67. The van der Waals surface area contributed by atoms with Crippen LogP contribution in [-0.2, 0) is 14.3 Å². The van der Waals surface area contributed by atoms with Crippen LogP contribution in [0.2, 0.25) is 5.15 Å². The highest BCUT2D eigenvalue weighted by Crippen LogP contribution is 2.24. The molecule has 26 heavy (non-hydrogen) atoms. The van der Waals surface area contributed by atoms with Gasteiger partial charge in [-0.05, 0) is 31.2 Å². The van der Waals surface area contributed by atoms with Gasteiger partial charge in [0.25, 0.3) is 5.91 Å². The number of benzene rings is 1. The summed E-state index contributed by atoms with van der Waals surface area (Å²) in [5, 5.41) is 4.10. The molecule has 8 nitrogen and oxygen atoms in total. The van der Waals surface area contributed by atoms with Gasteiger partial charge in [0, 0.05) is 0 Å². The highest BCUT2D eigenvalue weighted by atomic mass is 35.5. The molecular formula is C16H13ClFN3O5. The van der Waals surface area contributed by atoms with Crippen molar-refractivity contribution in [3.8, 4) is 5.69 Å². The van der Waals surface area contributed by atoms with Gasteiger partial charge in [0.15, 0.2) is 6.61 Å². The average molecular weight is 382 g/mol. The molecule has 0 aliphatic carbocycles. The zero-order valence-corrected chi connectivity index (χ0v) is 14.3. The van der Waals surface area contributed by atoms with Crippen LogP contribution in [0.1, 0.15) is 16.1 Å². The van der Waals surface area contributed by atoms with Gasteiger partial charge in [-0.2, -0.15) is 5.10 Å². The third kappa shape index (κ3) is 3.38. The van der Waals surface area contributed by atoms with Crippen molar-refractivity contribution >= 4 is 29.6 Å². The van der Waals surface area contributed by atoms with Crippen LogP contribution in [0.3, 0.4) is 0 Å². The van der Waals surface area contributed by atoms with E-state index in [9.17, 15) is 18.8 Å². The zero-order valence-electron chi connectivity index (χ0n) is 13.6. The van der Waals surface area contributed by atoms with Crippen molar-refractivity contribution in [3.63, 3.8) is 0 Å². The zero-order chi connectivity index (χ0) is 18.8. The van der Waals surface area contributed by atoms with E-state index in [1.54, 1.807) is 6.92 Å². The lowest BCUT2D eigenvalue weighted by Crippen LogP contribution is -2.35. The minimum Gasteiger partial charge on any atom is -0.452 e. The lowest BCUT2D eigenvalue weighted by atomic mass is 10.2. The predicted molar refractivity (Wildman–Crippen MR) is 86.6 cm³/mol. The Bertz CT molecular complexity index is 881. The fourth-order valence-electron chi connectivity index (χ4n) is 2.38. The molecule has 0 saturated carbocycles. The van der Waals surface area contributed by atoms with E-state index in [-0.39, 0.29) is 29.6 Å². The topological polar surface area (TPSA) is 90.7 Å². The second-order valence-corrected chi connectivity index (χ2v) is 5.73. The number of rotatable bonds is 4. The van der Waals surface area contributed by atoms with Crippen LogP contribution in [0.5, 0.6) is 0 Å². The second kappa shape index (κ2) is 7.12. The average Bonchev–Trinajstić information content (AvgIpc) is 3.16. The Morgan fingerprint density at radius 3 is 2.65 bits per heavy atom. The summed E-state index contributed by atoms with van der Waals surface area (Å²) in [7, 11) is 0. The summed E-state index contributed by atoms with van der Waals surface area (Å²) in [5.74, 6) is -1.98. The fraction of sp³-hybridized carbons (Fsp3) is 0.250. The highest BCUT2D eigenvalue weighted by molar-refractivity contribution is 6.33. The fourth-order valence-corrected chi connectivity index (χ4v) is 2.73. The van der Waals surface area contributed by atoms with E-state index in [0.29, 0.717) is 5.69 Å². The number of carbonyl (C=O) groups is 3. The molecule has 0 unspecified atom stereocenters. The smallest absolute Gasteiger partial charge is 0.416 e. The summed E-state index contributed by atoms with van der Waals surface area (Å²) in [4.78, 5) is 36.3. The summed E-state index contributed by atoms with van der Waals surface area (Å²) in [6.45, 7) is 1.12. The Morgan fingerprint density at radius 2 is 2.04 bits per heavy atom. The molecule has 0 spiro atoms. The predicted octanol–water partition coefficient (Wildman–Crippen LogP) is 2.11. The second-order valence-electron chi connectivity index (χ2n) is 5.38.